The number of hydrogen-bond acceptors (Lipinski definition) is 4. The second-order valence-corrected chi connectivity index (χ2v) is 2.64. The molecule has 0 aliphatic carbocycles. The quantitative estimate of drug-likeness (QED) is 0.418. The highest BCUT2D eigenvalue weighted by Gasteiger charge is 2.05. The van der Waals surface area contributed by atoms with Crippen LogP contribution in [-0.2, 0) is 19.1 Å². The predicted molar refractivity (Wildman–Crippen MR) is 58.3 cm³/mol. The third-order valence-electron chi connectivity index (χ3n) is 1.41. The molecule has 5 nitrogen and oxygen atoms in total. The zero-order valence-corrected chi connectivity index (χ0v) is 8.99. The van der Waals surface area contributed by atoms with Gasteiger partial charge >= 0.3 is 5.97 Å². The van der Waals surface area contributed by atoms with Crippen molar-refractivity contribution in [2.45, 2.75) is 6.92 Å². The molecule has 0 aliphatic rings. The van der Waals surface area contributed by atoms with E-state index >= 15 is 0 Å². The number of carbonyl (C=O) groups excluding carboxylic acids is 3. The van der Waals surface area contributed by atoms with Gasteiger partial charge < -0.3 is 4.74 Å². The van der Waals surface area contributed by atoms with E-state index in [-0.39, 0.29) is 12.2 Å². The fraction of sp³-hybridized carbons (Fsp3) is 0.182. The minimum Gasteiger partial charge on any atom is -0.462 e. The number of esters is 1. The molecule has 1 N–H and O–H groups in total. The number of imide groups is 1. The normalized spacial score (nSPS) is 9.56. The number of nitrogens with one attached hydrogen (secondary N) is 1. The van der Waals surface area contributed by atoms with Gasteiger partial charge in [0.05, 0.1) is 12.2 Å². The van der Waals surface area contributed by atoms with Crippen molar-refractivity contribution in [2.24, 2.45) is 0 Å². The Hall–Kier alpha value is -2.17. The van der Waals surface area contributed by atoms with Crippen molar-refractivity contribution in [2.75, 3.05) is 6.61 Å². The monoisotopic (exact) mass is 223 g/mol. The molecule has 86 valence electrons. The molecule has 0 bridgehead atoms. The number of ether oxygens (including phenoxy) is 1. The van der Waals surface area contributed by atoms with Crippen LogP contribution >= 0.6 is 0 Å². The van der Waals surface area contributed by atoms with Crippen LogP contribution in [-0.4, -0.2) is 24.4 Å². The molecule has 2 amide bonds. The SMILES string of the molecule is C=CC(=O)NC(=O)C=CC(=C)C(=O)OCC. The highest BCUT2D eigenvalue weighted by atomic mass is 16.5. The second kappa shape index (κ2) is 7.17. The fourth-order valence-corrected chi connectivity index (χ4v) is 0.682. The van der Waals surface area contributed by atoms with Crippen LogP contribution < -0.4 is 5.32 Å². The average molecular weight is 223 g/mol. The number of carbonyl (C=O) groups is 3. The summed E-state index contributed by atoms with van der Waals surface area (Å²) in [7, 11) is 0. The van der Waals surface area contributed by atoms with Crippen molar-refractivity contribution >= 4 is 17.8 Å². The first-order valence-electron chi connectivity index (χ1n) is 4.52. The van der Waals surface area contributed by atoms with E-state index in [1.54, 1.807) is 6.92 Å². The van der Waals surface area contributed by atoms with Crippen LogP contribution in [0.4, 0.5) is 0 Å². The molecule has 16 heavy (non-hydrogen) atoms. The van der Waals surface area contributed by atoms with Gasteiger partial charge in [-0.25, -0.2) is 4.79 Å². The Labute approximate surface area is 93.5 Å². The maximum atomic E-state index is 11.0. The Bertz CT molecular complexity index is 355. The molecule has 0 aromatic heterocycles. The Kier molecular flexibility index (Phi) is 6.19. The van der Waals surface area contributed by atoms with Gasteiger partial charge in [0, 0.05) is 6.08 Å². The van der Waals surface area contributed by atoms with E-state index in [0.717, 1.165) is 12.2 Å². The first-order valence-corrected chi connectivity index (χ1v) is 4.52. The number of hydrogen-bond donors (Lipinski definition) is 1. The zero-order chi connectivity index (χ0) is 12.6. The summed E-state index contributed by atoms with van der Waals surface area (Å²) in [5.74, 6) is -1.88. The van der Waals surface area contributed by atoms with E-state index < -0.39 is 17.8 Å². The van der Waals surface area contributed by atoms with E-state index in [2.05, 4.69) is 17.9 Å². The minimum absolute atomic E-state index is 0.0306. The van der Waals surface area contributed by atoms with Crippen LogP contribution in [0.5, 0.6) is 0 Å². The van der Waals surface area contributed by atoms with Crippen molar-refractivity contribution in [3.05, 3.63) is 37.0 Å². The Morgan fingerprint density at radius 3 is 2.38 bits per heavy atom. The summed E-state index contributed by atoms with van der Waals surface area (Å²) in [6.07, 6.45) is 3.15. The molecule has 0 rings (SSSR count). The molecule has 0 fully saturated rings. The minimum atomic E-state index is -0.657. The summed E-state index contributed by atoms with van der Waals surface area (Å²) in [4.78, 5) is 32.8. The van der Waals surface area contributed by atoms with Crippen molar-refractivity contribution in [1.29, 1.82) is 0 Å². The molecule has 0 saturated heterocycles. The van der Waals surface area contributed by atoms with Crippen LogP contribution in [0.15, 0.2) is 37.0 Å². The molecular weight excluding hydrogens is 210 g/mol. The maximum Gasteiger partial charge on any atom is 0.337 e. The summed E-state index contributed by atoms with van der Waals surface area (Å²) in [6, 6.07) is 0. The summed E-state index contributed by atoms with van der Waals surface area (Å²) >= 11 is 0. The van der Waals surface area contributed by atoms with Crippen LogP contribution in [0.1, 0.15) is 6.92 Å². The van der Waals surface area contributed by atoms with Gasteiger partial charge in [-0.05, 0) is 19.1 Å². The average Bonchev–Trinajstić information content (AvgIpc) is 2.25. The molecule has 0 aliphatic heterocycles. The molecule has 0 atom stereocenters. The lowest BCUT2D eigenvalue weighted by atomic mass is 10.3. The predicted octanol–water partition coefficient (Wildman–Crippen LogP) is 0.491. The van der Waals surface area contributed by atoms with Gasteiger partial charge in [-0.3, -0.25) is 14.9 Å². The summed E-state index contributed by atoms with van der Waals surface area (Å²) in [5, 5.41) is 1.98. The second-order valence-electron chi connectivity index (χ2n) is 2.64. The van der Waals surface area contributed by atoms with Gasteiger partial charge in [-0.2, -0.15) is 0 Å². The summed E-state index contributed by atoms with van der Waals surface area (Å²) < 4.78 is 4.63. The van der Waals surface area contributed by atoms with E-state index in [1.807, 2.05) is 5.32 Å². The van der Waals surface area contributed by atoms with Crippen LogP contribution in [0, 0.1) is 0 Å². The lowest BCUT2D eigenvalue weighted by Gasteiger charge is -1.99. The van der Waals surface area contributed by atoms with Crippen molar-refractivity contribution in [1.82, 2.24) is 5.32 Å². The number of rotatable bonds is 5. The molecule has 0 aromatic carbocycles. The van der Waals surface area contributed by atoms with Crippen molar-refractivity contribution in [3.8, 4) is 0 Å². The fourth-order valence-electron chi connectivity index (χ4n) is 0.682. The van der Waals surface area contributed by atoms with Gasteiger partial charge in [0.25, 0.3) is 5.91 Å². The molecule has 0 radical (unpaired) electrons. The summed E-state index contributed by atoms with van der Waals surface area (Å²) in [6.45, 7) is 8.47. The van der Waals surface area contributed by atoms with E-state index in [9.17, 15) is 14.4 Å². The van der Waals surface area contributed by atoms with E-state index in [4.69, 9.17) is 0 Å². The lowest BCUT2D eigenvalue weighted by molar-refractivity contribution is -0.138. The van der Waals surface area contributed by atoms with Crippen LogP contribution in [0.3, 0.4) is 0 Å². The van der Waals surface area contributed by atoms with Gasteiger partial charge in [0.15, 0.2) is 0 Å². The molecule has 0 aromatic rings. The smallest absolute Gasteiger partial charge is 0.337 e. The first kappa shape index (κ1) is 13.8. The molecular formula is C11H13NO4. The maximum absolute atomic E-state index is 11.0. The molecule has 0 unspecified atom stereocenters. The molecule has 0 saturated carbocycles. The number of amides is 2. The highest BCUT2D eigenvalue weighted by molar-refractivity contribution is 6.05. The molecule has 0 spiro atoms. The Morgan fingerprint density at radius 2 is 1.88 bits per heavy atom. The lowest BCUT2D eigenvalue weighted by Crippen LogP contribution is -2.26. The van der Waals surface area contributed by atoms with Gasteiger partial charge in [0.2, 0.25) is 5.91 Å². The summed E-state index contributed by atoms with van der Waals surface area (Å²) in [5.41, 5.74) is 0.0306. The van der Waals surface area contributed by atoms with Crippen LogP contribution in [0.2, 0.25) is 0 Å². The van der Waals surface area contributed by atoms with Crippen molar-refractivity contribution in [3.63, 3.8) is 0 Å². The third-order valence-corrected chi connectivity index (χ3v) is 1.41. The van der Waals surface area contributed by atoms with E-state index in [0.29, 0.717) is 0 Å². The Balaban J connectivity index is 4.22. The van der Waals surface area contributed by atoms with Crippen LogP contribution in [0.25, 0.3) is 0 Å². The third kappa shape index (κ3) is 5.54. The van der Waals surface area contributed by atoms with Gasteiger partial charge in [-0.1, -0.05) is 13.2 Å². The molecule has 0 heterocycles. The first-order chi connectivity index (χ1) is 7.51. The largest absolute Gasteiger partial charge is 0.462 e. The highest BCUT2D eigenvalue weighted by Crippen LogP contribution is 1.96. The standard InChI is InChI=1S/C11H13NO4/c1-4-9(13)12-10(14)7-6-8(3)11(15)16-5-2/h4,6-7H,1,3,5H2,2H3,(H,12,13,14). The zero-order valence-electron chi connectivity index (χ0n) is 8.99. The Morgan fingerprint density at radius 1 is 1.25 bits per heavy atom. The topological polar surface area (TPSA) is 72.5 Å². The van der Waals surface area contributed by atoms with Gasteiger partial charge in [0.1, 0.15) is 0 Å². The van der Waals surface area contributed by atoms with Crippen molar-refractivity contribution < 1.29 is 19.1 Å². The van der Waals surface area contributed by atoms with E-state index in [1.165, 1.54) is 6.08 Å². The molecule has 5 heteroatoms. The van der Waals surface area contributed by atoms with Gasteiger partial charge in [-0.15, -0.1) is 0 Å².